The third-order valence-electron chi connectivity index (χ3n) is 5.02. The lowest BCUT2D eigenvalue weighted by Gasteiger charge is -2.11. The van der Waals surface area contributed by atoms with Crippen LogP contribution in [-0.2, 0) is 20.3 Å². The molecule has 0 bridgehead atoms. The minimum absolute atomic E-state index is 0.00725. The average Bonchev–Trinajstić information content (AvgIpc) is 2.97. The topological polar surface area (TPSA) is 65.3 Å². The van der Waals surface area contributed by atoms with Crippen molar-refractivity contribution in [1.82, 2.24) is 9.13 Å². The van der Waals surface area contributed by atoms with Gasteiger partial charge >= 0.3 is 11.9 Å². The molecule has 4 rings (SSSR count). The quantitative estimate of drug-likeness (QED) is 0.488. The fourth-order valence-electron chi connectivity index (χ4n) is 3.36. The van der Waals surface area contributed by atoms with E-state index in [1.165, 1.54) is 27.3 Å². The van der Waals surface area contributed by atoms with Crippen molar-refractivity contribution in [3.05, 3.63) is 88.3 Å². The van der Waals surface area contributed by atoms with Gasteiger partial charge in [-0.2, -0.15) is 13.2 Å². The van der Waals surface area contributed by atoms with Crippen LogP contribution < -0.4 is 15.7 Å². The standard InChI is InChI=1S/C23H18F3N3O3/c1-28-19-10-9-16(13-20(19)29(2)22(28)31)27-21(30)14-5-3-7-17(11-14)32-18-8-4-6-15(12-18)23(24,25)26/h3-13H,1-2H3,(H,27,30). The van der Waals surface area contributed by atoms with E-state index in [2.05, 4.69) is 5.32 Å². The second-order valence-corrected chi connectivity index (χ2v) is 7.21. The number of ether oxygens (including phenoxy) is 1. The van der Waals surface area contributed by atoms with Gasteiger partial charge in [-0.15, -0.1) is 0 Å². The van der Waals surface area contributed by atoms with Crippen molar-refractivity contribution in [2.45, 2.75) is 6.18 Å². The Balaban J connectivity index is 1.55. The number of hydrogen-bond acceptors (Lipinski definition) is 3. The van der Waals surface area contributed by atoms with Gasteiger partial charge in [-0.1, -0.05) is 12.1 Å². The fraction of sp³-hybridized carbons (Fsp3) is 0.130. The van der Waals surface area contributed by atoms with Crippen LogP contribution in [0.3, 0.4) is 0 Å². The number of carbonyl (C=O) groups excluding carboxylic acids is 1. The molecular formula is C23H18F3N3O3. The van der Waals surface area contributed by atoms with Crippen LogP contribution in [0, 0.1) is 0 Å². The molecule has 0 unspecified atom stereocenters. The molecule has 164 valence electrons. The highest BCUT2D eigenvalue weighted by Crippen LogP contribution is 2.33. The first-order valence-corrected chi connectivity index (χ1v) is 9.55. The van der Waals surface area contributed by atoms with Crippen molar-refractivity contribution in [3.63, 3.8) is 0 Å². The summed E-state index contributed by atoms with van der Waals surface area (Å²) >= 11 is 0. The Hall–Kier alpha value is -4.01. The molecule has 32 heavy (non-hydrogen) atoms. The number of nitrogens with one attached hydrogen (secondary N) is 1. The SMILES string of the molecule is Cn1c(=O)n(C)c2cc(NC(=O)c3cccc(Oc4cccc(C(F)(F)F)c4)c3)ccc21. The predicted molar refractivity (Wildman–Crippen MR) is 114 cm³/mol. The molecule has 1 amide bonds. The number of aromatic nitrogens is 2. The van der Waals surface area contributed by atoms with Gasteiger partial charge < -0.3 is 10.1 Å². The van der Waals surface area contributed by atoms with E-state index in [1.54, 1.807) is 50.5 Å². The highest BCUT2D eigenvalue weighted by atomic mass is 19.4. The molecule has 0 atom stereocenters. The van der Waals surface area contributed by atoms with E-state index >= 15 is 0 Å². The first kappa shape index (κ1) is 21.2. The van der Waals surface area contributed by atoms with E-state index in [1.807, 2.05) is 0 Å². The first-order chi connectivity index (χ1) is 15.1. The van der Waals surface area contributed by atoms with Crippen molar-refractivity contribution < 1.29 is 22.7 Å². The van der Waals surface area contributed by atoms with Crippen LogP contribution in [0.2, 0.25) is 0 Å². The van der Waals surface area contributed by atoms with Crippen LogP contribution in [0.5, 0.6) is 11.5 Å². The maximum atomic E-state index is 12.9. The van der Waals surface area contributed by atoms with Crippen molar-refractivity contribution in [1.29, 1.82) is 0 Å². The zero-order valence-electron chi connectivity index (χ0n) is 17.1. The van der Waals surface area contributed by atoms with Gasteiger partial charge in [0.25, 0.3) is 5.91 Å². The van der Waals surface area contributed by atoms with E-state index in [4.69, 9.17) is 4.74 Å². The number of anilines is 1. The molecule has 0 aliphatic rings. The van der Waals surface area contributed by atoms with Crippen LogP contribution in [-0.4, -0.2) is 15.0 Å². The molecule has 4 aromatic rings. The maximum absolute atomic E-state index is 12.9. The summed E-state index contributed by atoms with van der Waals surface area (Å²) in [6.45, 7) is 0. The maximum Gasteiger partial charge on any atom is 0.416 e. The van der Waals surface area contributed by atoms with Gasteiger partial charge in [-0.3, -0.25) is 13.9 Å². The van der Waals surface area contributed by atoms with E-state index in [0.717, 1.165) is 17.6 Å². The molecule has 0 aliphatic heterocycles. The number of halogens is 3. The zero-order valence-corrected chi connectivity index (χ0v) is 17.1. The minimum Gasteiger partial charge on any atom is -0.457 e. The van der Waals surface area contributed by atoms with E-state index in [0.29, 0.717) is 11.2 Å². The summed E-state index contributed by atoms with van der Waals surface area (Å²) in [7, 11) is 3.31. The van der Waals surface area contributed by atoms with Crippen molar-refractivity contribution >= 4 is 22.6 Å². The lowest BCUT2D eigenvalue weighted by molar-refractivity contribution is -0.137. The molecule has 9 heteroatoms. The van der Waals surface area contributed by atoms with Crippen LogP contribution in [0.15, 0.2) is 71.5 Å². The molecule has 0 radical (unpaired) electrons. The molecule has 3 aromatic carbocycles. The molecule has 0 aliphatic carbocycles. The monoisotopic (exact) mass is 441 g/mol. The molecule has 0 spiro atoms. The minimum atomic E-state index is -4.48. The lowest BCUT2D eigenvalue weighted by atomic mass is 10.2. The normalized spacial score (nSPS) is 11.5. The number of amides is 1. The van der Waals surface area contributed by atoms with E-state index in [-0.39, 0.29) is 22.8 Å². The molecule has 0 saturated carbocycles. The number of aryl methyl sites for hydroxylation is 2. The summed E-state index contributed by atoms with van der Waals surface area (Å²) in [5.74, 6) is -0.203. The summed E-state index contributed by atoms with van der Waals surface area (Å²) in [6.07, 6.45) is -4.48. The number of alkyl halides is 3. The smallest absolute Gasteiger partial charge is 0.416 e. The number of rotatable bonds is 4. The Bertz CT molecular complexity index is 1390. The number of carbonyl (C=O) groups is 1. The summed E-state index contributed by atoms with van der Waals surface area (Å²) < 4.78 is 47.2. The number of hydrogen-bond donors (Lipinski definition) is 1. The molecule has 0 saturated heterocycles. The van der Waals surface area contributed by atoms with Crippen molar-refractivity contribution in [3.8, 4) is 11.5 Å². The molecule has 1 heterocycles. The molecule has 1 N–H and O–H groups in total. The van der Waals surface area contributed by atoms with E-state index < -0.39 is 17.6 Å². The Morgan fingerprint density at radius 1 is 0.875 bits per heavy atom. The third kappa shape index (κ3) is 4.09. The van der Waals surface area contributed by atoms with Crippen molar-refractivity contribution in [2.75, 3.05) is 5.32 Å². The summed E-state index contributed by atoms with van der Waals surface area (Å²) in [4.78, 5) is 24.8. The van der Waals surface area contributed by atoms with Crippen LogP contribution in [0.25, 0.3) is 11.0 Å². The predicted octanol–water partition coefficient (Wildman–Crippen LogP) is 4.94. The van der Waals surface area contributed by atoms with Gasteiger partial charge in [0, 0.05) is 25.3 Å². The largest absolute Gasteiger partial charge is 0.457 e. The molecule has 6 nitrogen and oxygen atoms in total. The number of fused-ring (bicyclic) bond motifs is 1. The highest BCUT2D eigenvalue weighted by molar-refractivity contribution is 6.05. The van der Waals surface area contributed by atoms with E-state index in [9.17, 15) is 22.8 Å². The number of imidazole rings is 1. The second kappa shape index (κ2) is 7.92. The average molecular weight is 441 g/mol. The lowest BCUT2D eigenvalue weighted by Crippen LogP contribution is -2.19. The van der Waals surface area contributed by atoms with Gasteiger partial charge in [0.05, 0.1) is 16.6 Å². The highest BCUT2D eigenvalue weighted by Gasteiger charge is 2.30. The van der Waals surface area contributed by atoms with Crippen LogP contribution in [0.4, 0.5) is 18.9 Å². The summed E-state index contributed by atoms with van der Waals surface area (Å²) in [6, 6.07) is 15.7. The zero-order chi connectivity index (χ0) is 23.0. The fourth-order valence-corrected chi connectivity index (χ4v) is 3.36. The Labute approximate surface area is 180 Å². The van der Waals surface area contributed by atoms with Gasteiger partial charge in [-0.25, -0.2) is 4.79 Å². The first-order valence-electron chi connectivity index (χ1n) is 9.55. The summed E-state index contributed by atoms with van der Waals surface area (Å²) in [5, 5.41) is 2.76. The second-order valence-electron chi connectivity index (χ2n) is 7.21. The Morgan fingerprint density at radius 2 is 1.53 bits per heavy atom. The van der Waals surface area contributed by atoms with Crippen LogP contribution >= 0.6 is 0 Å². The molecular weight excluding hydrogens is 423 g/mol. The van der Waals surface area contributed by atoms with Crippen molar-refractivity contribution in [2.24, 2.45) is 14.1 Å². The van der Waals surface area contributed by atoms with Crippen LogP contribution in [0.1, 0.15) is 15.9 Å². The number of nitrogens with zero attached hydrogens (tertiary/aromatic N) is 2. The Morgan fingerprint density at radius 3 is 2.25 bits per heavy atom. The van der Waals surface area contributed by atoms with Gasteiger partial charge in [0.15, 0.2) is 0 Å². The number of benzene rings is 3. The molecule has 0 fully saturated rings. The van der Waals surface area contributed by atoms with Gasteiger partial charge in [0.1, 0.15) is 11.5 Å². The third-order valence-corrected chi connectivity index (χ3v) is 5.02. The molecule has 1 aromatic heterocycles. The summed E-state index contributed by atoms with van der Waals surface area (Å²) in [5.41, 5.74) is 1.14. The Kier molecular flexibility index (Phi) is 5.25. The van der Waals surface area contributed by atoms with Gasteiger partial charge in [-0.05, 0) is 54.6 Å². The van der Waals surface area contributed by atoms with Gasteiger partial charge in [0.2, 0.25) is 0 Å².